The van der Waals surface area contributed by atoms with Gasteiger partial charge in [0, 0.05) is 5.92 Å². The molecule has 0 bridgehead atoms. The first-order valence-corrected chi connectivity index (χ1v) is 8.87. The lowest BCUT2D eigenvalue weighted by atomic mass is 10.1. The number of carbonyl (C=O) groups is 1. The molecule has 0 spiro atoms. The van der Waals surface area contributed by atoms with Gasteiger partial charge in [0.05, 0.1) is 8.07 Å². The zero-order valence-corrected chi connectivity index (χ0v) is 10.6. The highest BCUT2D eigenvalue weighted by Gasteiger charge is 2.33. The zero-order chi connectivity index (χ0) is 9.90. The highest BCUT2D eigenvalue weighted by Crippen LogP contribution is 2.36. The summed E-state index contributed by atoms with van der Waals surface area (Å²) in [4.78, 5) is 11.0. The number of hydrogen-bond acceptors (Lipinski definition) is 1. The third-order valence-corrected chi connectivity index (χ3v) is 8.46. The fourth-order valence-electron chi connectivity index (χ4n) is 2.42. The van der Waals surface area contributed by atoms with E-state index in [1.165, 1.54) is 24.6 Å². The van der Waals surface area contributed by atoms with Crippen LogP contribution in [-0.4, -0.2) is 13.2 Å². The minimum absolute atomic E-state index is 0.118. The van der Waals surface area contributed by atoms with Gasteiger partial charge in [-0.1, -0.05) is 38.0 Å². The molecule has 0 aliphatic carbocycles. The van der Waals surface area contributed by atoms with E-state index < -0.39 is 8.07 Å². The van der Waals surface area contributed by atoms with Gasteiger partial charge in [-0.15, -0.1) is 12.6 Å². The molecule has 1 aliphatic rings. The van der Waals surface area contributed by atoms with E-state index in [1.807, 2.05) is 0 Å². The van der Waals surface area contributed by atoms with Crippen molar-refractivity contribution >= 4 is 25.8 Å². The Morgan fingerprint density at radius 3 is 2.38 bits per heavy atom. The minimum Gasteiger partial charge on any atom is -0.287 e. The van der Waals surface area contributed by atoms with Gasteiger partial charge in [-0.05, 0) is 12.8 Å². The van der Waals surface area contributed by atoms with Gasteiger partial charge in [0.15, 0.2) is 5.12 Å². The fraction of sp³-hybridized carbons (Fsp3) is 0.900. The van der Waals surface area contributed by atoms with Crippen molar-refractivity contribution < 1.29 is 4.79 Å². The van der Waals surface area contributed by atoms with E-state index in [1.54, 1.807) is 0 Å². The molecule has 76 valence electrons. The average Bonchev–Trinajstić information content (AvgIpc) is 2.05. The second kappa shape index (κ2) is 4.65. The molecule has 0 aromatic heterocycles. The third-order valence-electron chi connectivity index (χ3n) is 3.40. The van der Waals surface area contributed by atoms with Crippen LogP contribution in [0.1, 0.15) is 26.2 Å². The van der Waals surface area contributed by atoms with Gasteiger partial charge in [0.1, 0.15) is 0 Å². The number of hydrogen-bond donors (Lipinski definition) is 1. The monoisotopic (exact) mass is 216 g/mol. The van der Waals surface area contributed by atoms with Crippen molar-refractivity contribution in [3.05, 3.63) is 0 Å². The maximum absolute atomic E-state index is 11.0. The van der Waals surface area contributed by atoms with Gasteiger partial charge in [0.25, 0.3) is 0 Å². The lowest BCUT2D eigenvalue weighted by Crippen LogP contribution is -2.35. The van der Waals surface area contributed by atoms with Crippen molar-refractivity contribution in [3.63, 3.8) is 0 Å². The van der Waals surface area contributed by atoms with Gasteiger partial charge in [0.2, 0.25) is 0 Å². The molecule has 0 amide bonds. The summed E-state index contributed by atoms with van der Waals surface area (Å²) in [7, 11) is -0.910. The summed E-state index contributed by atoms with van der Waals surface area (Å²) < 4.78 is 0. The van der Waals surface area contributed by atoms with E-state index in [0.29, 0.717) is 0 Å². The van der Waals surface area contributed by atoms with Gasteiger partial charge in [-0.25, -0.2) is 0 Å². The standard InChI is InChI=1S/C10H20OSSi/c1-3-6-13(2)7-4-9(5-8-13)10(11)12/h9H,3-8H2,1-2H3,(H,11,12). The van der Waals surface area contributed by atoms with Crippen LogP contribution >= 0.6 is 12.6 Å². The molecule has 13 heavy (non-hydrogen) atoms. The largest absolute Gasteiger partial charge is 0.287 e. The Bertz CT molecular complexity index is 185. The van der Waals surface area contributed by atoms with Crippen molar-refractivity contribution in [1.82, 2.24) is 0 Å². The summed E-state index contributed by atoms with van der Waals surface area (Å²) in [6.07, 6.45) is 3.55. The third kappa shape index (κ3) is 3.13. The van der Waals surface area contributed by atoms with Gasteiger partial charge < -0.3 is 0 Å². The summed E-state index contributed by atoms with van der Waals surface area (Å²) in [6, 6.07) is 4.14. The summed E-state index contributed by atoms with van der Waals surface area (Å²) in [5.41, 5.74) is 0. The number of rotatable bonds is 3. The zero-order valence-electron chi connectivity index (χ0n) is 8.68. The van der Waals surface area contributed by atoms with Gasteiger partial charge in [-0.2, -0.15) is 0 Å². The van der Waals surface area contributed by atoms with Gasteiger partial charge in [-0.3, -0.25) is 4.79 Å². The fourth-order valence-corrected chi connectivity index (χ4v) is 6.72. The maximum Gasteiger partial charge on any atom is 0.188 e. The summed E-state index contributed by atoms with van der Waals surface area (Å²) >= 11 is 3.93. The van der Waals surface area contributed by atoms with Crippen molar-refractivity contribution in [1.29, 1.82) is 0 Å². The highest BCUT2D eigenvalue weighted by molar-refractivity contribution is 7.96. The van der Waals surface area contributed by atoms with E-state index in [9.17, 15) is 4.79 Å². The van der Waals surface area contributed by atoms with Crippen LogP contribution in [0.4, 0.5) is 0 Å². The van der Waals surface area contributed by atoms with Crippen molar-refractivity contribution in [2.75, 3.05) is 0 Å². The van der Waals surface area contributed by atoms with E-state index in [0.717, 1.165) is 12.8 Å². The molecule has 1 saturated heterocycles. The van der Waals surface area contributed by atoms with E-state index in [2.05, 4.69) is 26.1 Å². The molecular formula is C10H20OSSi. The first-order valence-electron chi connectivity index (χ1n) is 5.30. The SMILES string of the molecule is CCC[Si]1(C)CCC(C(=O)S)CC1. The second-order valence-corrected chi connectivity index (χ2v) is 10.2. The Balaban J connectivity index is 2.41. The minimum atomic E-state index is -0.910. The van der Waals surface area contributed by atoms with Crippen molar-refractivity contribution in [2.45, 2.75) is 50.9 Å². The Morgan fingerprint density at radius 1 is 1.46 bits per heavy atom. The van der Waals surface area contributed by atoms with Crippen LogP contribution in [0.15, 0.2) is 0 Å². The van der Waals surface area contributed by atoms with Crippen LogP contribution in [0, 0.1) is 5.92 Å². The van der Waals surface area contributed by atoms with Crippen LogP contribution in [0.5, 0.6) is 0 Å². The summed E-state index contributed by atoms with van der Waals surface area (Å²) in [5, 5.41) is 0.118. The molecule has 1 nitrogen and oxygen atoms in total. The quantitative estimate of drug-likeness (QED) is 0.565. The Morgan fingerprint density at radius 2 is 2.00 bits per heavy atom. The predicted molar refractivity (Wildman–Crippen MR) is 63.0 cm³/mol. The smallest absolute Gasteiger partial charge is 0.188 e. The normalized spacial score (nSPS) is 34.5. The molecule has 0 aromatic carbocycles. The summed E-state index contributed by atoms with van der Waals surface area (Å²) in [6.45, 7) is 4.77. The number of thiol groups is 1. The summed E-state index contributed by atoms with van der Waals surface area (Å²) in [5.74, 6) is 0.278. The Labute approximate surface area is 87.7 Å². The van der Waals surface area contributed by atoms with Crippen LogP contribution in [0.25, 0.3) is 0 Å². The van der Waals surface area contributed by atoms with Crippen LogP contribution in [-0.2, 0) is 4.79 Å². The van der Waals surface area contributed by atoms with Crippen LogP contribution < -0.4 is 0 Å². The van der Waals surface area contributed by atoms with Crippen LogP contribution in [0.2, 0.25) is 24.7 Å². The lowest BCUT2D eigenvalue weighted by molar-refractivity contribution is -0.114. The van der Waals surface area contributed by atoms with E-state index in [-0.39, 0.29) is 11.0 Å². The second-order valence-electron chi connectivity index (χ2n) is 4.67. The molecule has 0 aromatic rings. The molecule has 3 heteroatoms. The molecule has 0 radical (unpaired) electrons. The van der Waals surface area contributed by atoms with E-state index in [4.69, 9.17) is 0 Å². The molecular weight excluding hydrogens is 196 g/mol. The Hall–Kier alpha value is 0.237. The number of carbonyl (C=O) groups excluding carboxylic acids is 1. The average molecular weight is 216 g/mol. The molecule has 1 rings (SSSR count). The first-order chi connectivity index (χ1) is 6.07. The Kier molecular flexibility index (Phi) is 4.04. The molecule has 1 heterocycles. The predicted octanol–water partition coefficient (Wildman–Crippen LogP) is 3.34. The topological polar surface area (TPSA) is 17.1 Å². The molecule has 0 saturated carbocycles. The van der Waals surface area contributed by atoms with E-state index >= 15 is 0 Å². The van der Waals surface area contributed by atoms with Crippen molar-refractivity contribution in [2.24, 2.45) is 5.92 Å². The first kappa shape index (κ1) is 11.3. The van der Waals surface area contributed by atoms with Crippen LogP contribution in [0.3, 0.4) is 0 Å². The highest BCUT2D eigenvalue weighted by atomic mass is 32.1. The molecule has 0 atom stereocenters. The van der Waals surface area contributed by atoms with Gasteiger partial charge >= 0.3 is 0 Å². The molecule has 0 unspecified atom stereocenters. The molecule has 0 N–H and O–H groups in total. The molecule has 1 fully saturated rings. The van der Waals surface area contributed by atoms with Crippen molar-refractivity contribution in [3.8, 4) is 0 Å². The lowest BCUT2D eigenvalue weighted by Gasteiger charge is -2.34. The molecule has 1 aliphatic heterocycles. The maximum atomic E-state index is 11.0.